The molecule has 0 aliphatic carbocycles. The molecule has 1 fully saturated rings. The lowest BCUT2D eigenvalue weighted by Gasteiger charge is -2.25. The molecule has 7 heteroatoms. The molecular formula is C26H30BrNO5. The van der Waals surface area contributed by atoms with Crippen LogP contribution in [-0.4, -0.2) is 48.6 Å². The van der Waals surface area contributed by atoms with Crippen molar-refractivity contribution >= 4 is 33.4 Å². The zero-order valence-corrected chi connectivity index (χ0v) is 20.9. The molecular weight excluding hydrogens is 486 g/mol. The van der Waals surface area contributed by atoms with Crippen LogP contribution in [0.2, 0.25) is 0 Å². The average molecular weight is 516 g/mol. The first-order valence-corrected chi connectivity index (χ1v) is 11.9. The molecule has 6 nitrogen and oxygen atoms in total. The number of aryl methyl sites for hydroxylation is 1. The van der Waals surface area contributed by atoms with Crippen LogP contribution >= 0.6 is 15.9 Å². The maximum absolute atomic E-state index is 13.1. The van der Waals surface area contributed by atoms with Crippen molar-refractivity contribution in [2.24, 2.45) is 0 Å². The molecule has 3 rings (SSSR count). The second kappa shape index (κ2) is 11.5. The van der Waals surface area contributed by atoms with Gasteiger partial charge in [0, 0.05) is 30.3 Å². The Balaban J connectivity index is 2.04. The number of rotatable bonds is 10. The number of aliphatic hydroxyl groups excluding tert-OH is 1. The Hall–Kier alpha value is -2.64. The minimum absolute atomic E-state index is 0.0922. The van der Waals surface area contributed by atoms with Crippen LogP contribution in [0, 0.1) is 6.92 Å². The topological polar surface area (TPSA) is 76.1 Å². The third-order valence-electron chi connectivity index (χ3n) is 5.66. The third kappa shape index (κ3) is 5.65. The van der Waals surface area contributed by atoms with Crippen molar-refractivity contribution in [2.45, 2.75) is 39.2 Å². The molecule has 1 amide bonds. The number of methoxy groups -OCH3 is 1. The lowest BCUT2D eigenvalue weighted by atomic mass is 9.95. The van der Waals surface area contributed by atoms with Gasteiger partial charge < -0.3 is 19.5 Å². The van der Waals surface area contributed by atoms with Crippen molar-refractivity contribution < 1.29 is 24.2 Å². The van der Waals surface area contributed by atoms with E-state index in [-0.39, 0.29) is 11.3 Å². The van der Waals surface area contributed by atoms with E-state index in [2.05, 4.69) is 22.9 Å². The number of amides is 1. The van der Waals surface area contributed by atoms with Crippen LogP contribution in [0.4, 0.5) is 0 Å². The standard InChI is InChI=1S/C26H30BrNO5/c1-4-5-14-33-21-11-10-19(15-17(21)2)24(29)22-23(18-8-6-9-20(27)16-18)28(12-7-13-32-3)26(31)25(22)30/h6,8-11,15-16,23,29H,4-5,7,12-14H2,1-3H3/b24-22+. The Morgan fingerprint density at radius 2 is 1.91 bits per heavy atom. The number of Topliss-reactive ketones (excluding diaryl/α,β-unsaturated/α-hetero) is 1. The summed E-state index contributed by atoms with van der Waals surface area (Å²) in [6.07, 6.45) is 2.58. The molecule has 1 unspecified atom stereocenters. The Morgan fingerprint density at radius 1 is 1.12 bits per heavy atom. The van der Waals surface area contributed by atoms with Gasteiger partial charge in [-0.2, -0.15) is 0 Å². The van der Waals surface area contributed by atoms with E-state index < -0.39 is 17.7 Å². The van der Waals surface area contributed by atoms with E-state index in [1.54, 1.807) is 25.3 Å². The van der Waals surface area contributed by atoms with Gasteiger partial charge in [-0.05, 0) is 61.2 Å². The largest absolute Gasteiger partial charge is 0.507 e. The highest BCUT2D eigenvalue weighted by atomic mass is 79.9. The van der Waals surface area contributed by atoms with Crippen molar-refractivity contribution in [3.8, 4) is 5.75 Å². The number of hydrogen-bond donors (Lipinski definition) is 1. The summed E-state index contributed by atoms with van der Waals surface area (Å²) >= 11 is 3.47. The molecule has 1 atom stereocenters. The van der Waals surface area contributed by atoms with Crippen molar-refractivity contribution in [1.82, 2.24) is 4.90 Å². The van der Waals surface area contributed by atoms with Crippen molar-refractivity contribution in [3.05, 3.63) is 69.2 Å². The van der Waals surface area contributed by atoms with Crippen LogP contribution in [-0.2, 0) is 14.3 Å². The Kier molecular flexibility index (Phi) is 8.69. The first-order chi connectivity index (χ1) is 15.9. The number of ether oxygens (including phenoxy) is 2. The lowest BCUT2D eigenvalue weighted by Crippen LogP contribution is -2.31. The Bertz CT molecular complexity index is 1050. The van der Waals surface area contributed by atoms with E-state index >= 15 is 0 Å². The molecule has 1 N–H and O–H groups in total. The number of likely N-dealkylation sites (tertiary alicyclic amines) is 1. The highest BCUT2D eigenvalue weighted by molar-refractivity contribution is 9.10. The zero-order valence-electron chi connectivity index (χ0n) is 19.3. The fourth-order valence-corrected chi connectivity index (χ4v) is 4.37. The van der Waals surface area contributed by atoms with Crippen molar-refractivity contribution in [3.63, 3.8) is 0 Å². The molecule has 176 valence electrons. The number of unbranched alkanes of at least 4 members (excludes halogenated alkanes) is 1. The van der Waals surface area contributed by atoms with Gasteiger partial charge in [0.2, 0.25) is 0 Å². The maximum Gasteiger partial charge on any atom is 0.295 e. The monoisotopic (exact) mass is 515 g/mol. The molecule has 1 aliphatic heterocycles. The first-order valence-electron chi connectivity index (χ1n) is 11.2. The predicted octanol–water partition coefficient (Wildman–Crippen LogP) is 5.39. The summed E-state index contributed by atoms with van der Waals surface area (Å²) in [5, 5.41) is 11.2. The number of ketones is 1. The van der Waals surface area contributed by atoms with Gasteiger partial charge in [-0.1, -0.05) is 41.4 Å². The normalized spacial score (nSPS) is 17.6. The summed E-state index contributed by atoms with van der Waals surface area (Å²) in [5.41, 5.74) is 2.17. The number of nitrogens with zero attached hydrogens (tertiary/aromatic N) is 1. The third-order valence-corrected chi connectivity index (χ3v) is 6.15. The number of benzene rings is 2. The van der Waals surface area contributed by atoms with Gasteiger partial charge in [0.25, 0.3) is 11.7 Å². The van der Waals surface area contributed by atoms with E-state index in [0.717, 1.165) is 34.2 Å². The second-order valence-corrected chi connectivity index (χ2v) is 8.99. The highest BCUT2D eigenvalue weighted by Gasteiger charge is 2.45. The Labute approximate surface area is 203 Å². The SMILES string of the molecule is CCCCOc1ccc(/C(O)=C2\C(=O)C(=O)N(CCCOC)C2c2cccc(Br)c2)cc1C. The molecule has 1 saturated heterocycles. The molecule has 33 heavy (non-hydrogen) atoms. The molecule has 1 aliphatic rings. The minimum atomic E-state index is -0.684. The van der Waals surface area contributed by atoms with E-state index in [1.165, 1.54) is 4.90 Å². The molecule has 0 saturated carbocycles. The maximum atomic E-state index is 13.1. The van der Waals surface area contributed by atoms with Gasteiger partial charge in [0.05, 0.1) is 18.2 Å². The van der Waals surface area contributed by atoms with Crippen LogP contribution in [0.5, 0.6) is 5.75 Å². The average Bonchev–Trinajstić information content (AvgIpc) is 3.05. The van der Waals surface area contributed by atoms with Crippen molar-refractivity contribution in [1.29, 1.82) is 0 Å². The summed E-state index contributed by atoms with van der Waals surface area (Å²) < 4.78 is 11.8. The van der Waals surface area contributed by atoms with E-state index in [0.29, 0.717) is 31.7 Å². The van der Waals surface area contributed by atoms with Gasteiger partial charge in [-0.3, -0.25) is 9.59 Å². The predicted molar refractivity (Wildman–Crippen MR) is 131 cm³/mol. The summed E-state index contributed by atoms with van der Waals surface area (Å²) in [6.45, 7) is 5.43. The summed E-state index contributed by atoms with van der Waals surface area (Å²) in [7, 11) is 1.60. The summed E-state index contributed by atoms with van der Waals surface area (Å²) in [4.78, 5) is 27.5. The van der Waals surface area contributed by atoms with E-state index in [1.807, 2.05) is 31.2 Å². The molecule has 0 aromatic heterocycles. The molecule has 1 heterocycles. The molecule has 0 radical (unpaired) electrons. The number of aliphatic hydroxyl groups is 1. The van der Waals surface area contributed by atoms with E-state index in [4.69, 9.17) is 9.47 Å². The van der Waals surface area contributed by atoms with Gasteiger partial charge >= 0.3 is 0 Å². The minimum Gasteiger partial charge on any atom is -0.507 e. The fourth-order valence-electron chi connectivity index (χ4n) is 3.95. The smallest absolute Gasteiger partial charge is 0.295 e. The van der Waals surface area contributed by atoms with Gasteiger partial charge in [-0.25, -0.2) is 0 Å². The number of carbonyl (C=O) groups excluding carboxylic acids is 2. The second-order valence-electron chi connectivity index (χ2n) is 8.08. The number of carbonyl (C=O) groups is 2. The van der Waals surface area contributed by atoms with Crippen molar-refractivity contribution in [2.75, 3.05) is 26.9 Å². The van der Waals surface area contributed by atoms with Crippen LogP contribution in [0.1, 0.15) is 48.9 Å². The number of halogens is 1. The molecule has 2 aromatic rings. The Morgan fingerprint density at radius 3 is 2.58 bits per heavy atom. The zero-order chi connectivity index (χ0) is 24.0. The van der Waals surface area contributed by atoms with Crippen LogP contribution in [0.25, 0.3) is 5.76 Å². The fraction of sp³-hybridized carbons (Fsp3) is 0.385. The van der Waals surface area contributed by atoms with Crippen LogP contribution in [0.3, 0.4) is 0 Å². The molecule has 0 spiro atoms. The number of hydrogen-bond acceptors (Lipinski definition) is 5. The lowest BCUT2D eigenvalue weighted by molar-refractivity contribution is -0.140. The highest BCUT2D eigenvalue weighted by Crippen LogP contribution is 2.40. The van der Waals surface area contributed by atoms with Crippen LogP contribution < -0.4 is 4.74 Å². The van der Waals surface area contributed by atoms with Gasteiger partial charge in [0.15, 0.2) is 0 Å². The summed E-state index contributed by atoms with van der Waals surface area (Å²) in [5.74, 6) is -0.746. The first kappa shape index (κ1) is 25.0. The van der Waals surface area contributed by atoms with Crippen LogP contribution in [0.15, 0.2) is 52.5 Å². The van der Waals surface area contributed by atoms with Gasteiger partial charge in [0.1, 0.15) is 11.5 Å². The molecule has 2 aromatic carbocycles. The van der Waals surface area contributed by atoms with Gasteiger partial charge in [-0.15, -0.1) is 0 Å². The summed E-state index contributed by atoms with van der Waals surface area (Å²) in [6, 6.07) is 12.1. The van der Waals surface area contributed by atoms with E-state index in [9.17, 15) is 14.7 Å². The quantitative estimate of drug-likeness (QED) is 0.198. The molecule has 0 bridgehead atoms.